The number of halogens is 1. The number of ketones is 1. The average Bonchev–Trinajstić information content (AvgIpc) is 2.95. The Labute approximate surface area is 113 Å². The molecule has 0 N–H and O–H groups in total. The normalized spacial score (nSPS) is 29.2. The number of carbonyl (C=O) groups excluding carboxylic acids is 1. The smallest absolute Gasteiger partial charge is 0.203 e. The molecule has 2 atom stereocenters. The zero-order valence-electron chi connectivity index (χ0n) is 9.39. The maximum atomic E-state index is 12.3. The highest BCUT2D eigenvalue weighted by atomic mass is 79.9. The highest BCUT2D eigenvalue weighted by Gasteiger charge is 2.36. The van der Waals surface area contributed by atoms with Gasteiger partial charge in [0.1, 0.15) is 6.10 Å². The minimum Gasteiger partial charge on any atom is -0.367 e. The molecule has 5 heteroatoms. The highest BCUT2D eigenvalue weighted by Crippen LogP contribution is 2.28. The molecule has 3 rings (SSSR count). The number of hydrogen-bond donors (Lipinski definition) is 0. The largest absolute Gasteiger partial charge is 0.367 e. The van der Waals surface area contributed by atoms with Crippen LogP contribution in [0.25, 0.3) is 0 Å². The van der Waals surface area contributed by atoms with Crippen molar-refractivity contribution in [3.05, 3.63) is 20.8 Å². The van der Waals surface area contributed by atoms with Crippen LogP contribution in [0.5, 0.6) is 0 Å². The lowest BCUT2D eigenvalue weighted by Crippen LogP contribution is -2.48. The minimum atomic E-state index is -0.278. The monoisotopic (exact) mass is 315 g/mol. The summed E-state index contributed by atoms with van der Waals surface area (Å²) in [5.41, 5.74) is 0. The summed E-state index contributed by atoms with van der Waals surface area (Å²) in [6.07, 6.45) is 2.17. The Hall–Kier alpha value is -0.230. The number of carbonyl (C=O) groups is 1. The SMILES string of the molecule is O=C(c1sccc1Br)C1CN2CCCC2CO1. The fourth-order valence-corrected chi connectivity index (χ4v) is 4.14. The van der Waals surface area contributed by atoms with Crippen molar-refractivity contribution in [2.75, 3.05) is 19.7 Å². The van der Waals surface area contributed by atoms with Gasteiger partial charge in [0.2, 0.25) is 5.78 Å². The fraction of sp³-hybridized carbons (Fsp3) is 0.583. The average molecular weight is 316 g/mol. The third-order valence-electron chi connectivity index (χ3n) is 3.52. The van der Waals surface area contributed by atoms with Crippen molar-refractivity contribution in [2.24, 2.45) is 0 Å². The molecule has 2 unspecified atom stereocenters. The molecule has 0 saturated carbocycles. The van der Waals surface area contributed by atoms with Gasteiger partial charge in [-0.05, 0) is 46.8 Å². The third-order valence-corrected chi connectivity index (χ3v) is 5.37. The molecule has 0 amide bonds. The first-order valence-electron chi connectivity index (χ1n) is 5.88. The van der Waals surface area contributed by atoms with Gasteiger partial charge in [0.05, 0.1) is 11.5 Å². The Balaban J connectivity index is 1.73. The summed E-state index contributed by atoms with van der Waals surface area (Å²) in [6, 6.07) is 2.46. The van der Waals surface area contributed by atoms with E-state index in [1.54, 1.807) is 0 Å². The summed E-state index contributed by atoms with van der Waals surface area (Å²) in [6.45, 7) is 2.58. The molecule has 0 spiro atoms. The van der Waals surface area contributed by atoms with Crippen LogP contribution in [0.3, 0.4) is 0 Å². The van der Waals surface area contributed by atoms with E-state index in [1.807, 2.05) is 11.4 Å². The first kappa shape index (κ1) is 11.8. The maximum absolute atomic E-state index is 12.3. The van der Waals surface area contributed by atoms with E-state index in [9.17, 15) is 4.79 Å². The first-order valence-corrected chi connectivity index (χ1v) is 7.56. The van der Waals surface area contributed by atoms with E-state index in [1.165, 1.54) is 24.2 Å². The van der Waals surface area contributed by atoms with Crippen LogP contribution < -0.4 is 0 Å². The Morgan fingerprint density at radius 3 is 3.24 bits per heavy atom. The Bertz CT molecular complexity index is 434. The van der Waals surface area contributed by atoms with Gasteiger partial charge in [-0.1, -0.05) is 0 Å². The van der Waals surface area contributed by atoms with Crippen LogP contribution in [0.2, 0.25) is 0 Å². The maximum Gasteiger partial charge on any atom is 0.203 e. The van der Waals surface area contributed by atoms with Crippen LogP contribution >= 0.6 is 27.3 Å². The molecule has 2 aliphatic heterocycles. The zero-order chi connectivity index (χ0) is 11.8. The Morgan fingerprint density at radius 2 is 2.47 bits per heavy atom. The van der Waals surface area contributed by atoms with Crippen LogP contribution in [0.4, 0.5) is 0 Å². The van der Waals surface area contributed by atoms with Gasteiger partial charge in [0.15, 0.2) is 0 Å². The number of ether oxygens (including phenoxy) is 1. The van der Waals surface area contributed by atoms with Crippen molar-refractivity contribution in [2.45, 2.75) is 25.0 Å². The fourth-order valence-electron chi connectivity index (χ4n) is 2.59. The molecule has 2 aliphatic rings. The predicted octanol–water partition coefficient (Wildman–Crippen LogP) is 2.56. The molecule has 1 aromatic rings. The van der Waals surface area contributed by atoms with Crippen LogP contribution in [0, 0.1) is 0 Å². The van der Waals surface area contributed by atoms with E-state index < -0.39 is 0 Å². The summed E-state index contributed by atoms with van der Waals surface area (Å²) in [5.74, 6) is 0.122. The Kier molecular flexibility index (Phi) is 3.34. The molecule has 0 radical (unpaired) electrons. The van der Waals surface area contributed by atoms with Crippen LogP contribution in [0.15, 0.2) is 15.9 Å². The van der Waals surface area contributed by atoms with Crippen LogP contribution in [-0.4, -0.2) is 42.5 Å². The van der Waals surface area contributed by atoms with Gasteiger partial charge in [-0.15, -0.1) is 11.3 Å². The van der Waals surface area contributed by atoms with Crippen LogP contribution in [-0.2, 0) is 4.74 Å². The quantitative estimate of drug-likeness (QED) is 0.786. The molecule has 0 aromatic carbocycles. The molecule has 3 nitrogen and oxygen atoms in total. The molecule has 2 saturated heterocycles. The molecule has 92 valence electrons. The van der Waals surface area contributed by atoms with Gasteiger partial charge < -0.3 is 4.74 Å². The number of morpholine rings is 1. The van der Waals surface area contributed by atoms with Gasteiger partial charge in [0.25, 0.3) is 0 Å². The molecular weight excluding hydrogens is 302 g/mol. The Morgan fingerprint density at radius 1 is 1.59 bits per heavy atom. The number of rotatable bonds is 2. The standard InChI is InChI=1S/C12H14BrNO2S/c13-9-3-5-17-12(9)11(15)10-6-14-4-1-2-8(14)7-16-10/h3,5,8,10H,1-2,4,6-7H2. The lowest BCUT2D eigenvalue weighted by molar-refractivity contribution is -0.0343. The van der Waals surface area contributed by atoms with Gasteiger partial charge in [0, 0.05) is 17.1 Å². The molecular formula is C12H14BrNO2S. The minimum absolute atomic E-state index is 0.122. The summed E-state index contributed by atoms with van der Waals surface area (Å²) < 4.78 is 6.62. The van der Waals surface area contributed by atoms with Gasteiger partial charge in [-0.2, -0.15) is 0 Å². The summed E-state index contributed by atoms with van der Waals surface area (Å²) >= 11 is 4.89. The van der Waals surface area contributed by atoms with E-state index in [-0.39, 0.29) is 11.9 Å². The molecule has 17 heavy (non-hydrogen) atoms. The van der Waals surface area contributed by atoms with Crippen molar-refractivity contribution in [1.29, 1.82) is 0 Å². The van der Waals surface area contributed by atoms with E-state index >= 15 is 0 Å². The van der Waals surface area contributed by atoms with E-state index in [0.717, 1.165) is 22.4 Å². The van der Waals surface area contributed by atoms with Crippen molar-refractivity contribution >= 4 is 33.0 Å². The number of thiophene rings is 1. The number of fused-ring (bicyclic) bond motifs is 1. The second-order valence-corrected chi connectivity index (χ2v) is 6.35. The molecule has 0 aliphatic carbocycles. The molecule has 2 fully saturated rings. The predicted molar refractivity (Wildman–Crippen MR) is 70.7 cm³/mol. The van der Waals surface area contributed by atoms with E-state index in [0.29, 0.717) is 12.6 Å². The summed E-state index contributed by atoms with van der Waals surface area (Å²) in [7, 11) is 0. The summed E-state index contributed by atoms with van der Waals surface area (Å²) in [4.78, 5) is 15.5. The topological polar surface area (TPSA) is 29.5 Å². The zero-order valence-corrected chi connectivity index (χ0v) is 11.8. The molecule has 0 bridgehead atoms. The second kappa shape index (κ2) is 4.80. The molecule has 1 aromatic heterocycles. The van der Waals surface area contributed by atoms with Crippen LogP contribution in [0.1, 0.15) is 22.5 Å². The van der Waals surface area contributed by atoms with Crippen molar-refractivity contribution in [1.82, 2.24) is 4.90 Å². The summed E-state index contributed by atoms with van der Waals surface area (Å²) in [5, 5.41) is 1.93. The lowest BCUT2D eigenvalue weighted by Gasteiger charge is -2.34. The van der Waals surface area contributed by atoms with Gasteiger partial charge in [-0.3, -0.25) is 9.69 Å². The third kappa shape index (κ3) is 2.21. The molecule has 3 heterocycles. The van der Waals surface area contributed by atoms with Crippen molar-refractivity contribution in [3.63, 3.8) is 0 Å². The van der Waals surface area contributed by atoms with Crippen molar-refractivity contribution < 1.29 is 9.53 Å². The van der Waals surface area contributed by atoms with Crippen molar-refractivity contribution in [3.8, 4) is 0 Å². The van der Waals surface area contributed by atoms with E-state index in [4.69, 9.17) is 4.74 Å². The number of Topliss-reactive ketones (excluding diaryl/α,β-unsaturated/α-hetero) is 1. The second-order valence-electron chi connectivity index (χ2n) is 4.57. The number of hydrogen-bond acceptors (Lipinski definition) is 4. The highest BCUT2D eigenvalue weighted by molar-refractivity contribution is 9.10. The first-order chi connectivity index (χ1) is 8.25. The lowest BCUT2D eigenvalue weighted by atomic mass is 10.1. The van der Waals surface area contributed by atoms with E-state index in [2.05, 4.69) is 20.8 Å². The number of nitrogens with zero attached hydrogens (tertiary/aromatic N) is 1. The van der Waals surface area contributed by atoms with Gasteiger partial charge >= 0.3 is 0 Å². The van der Waals surface area contributed by atoms with Gasteiger partial charge in [-0.25, -0.2) is 0 Å².